The molecule has 0 N–H and O–H groups in total. The number of ketones is 1. The maximum absolute atomic E-state index is 11.6. The van der Waals surface area contributed by atoms with Gasteiger partial charge < -0.3 is 4.74 Å². The van der Waals surface area contributed by atoms with E-state index < -0.39 is 0 Å². The van der Waals surface area contributed by atoms with E-state index in [4.69, 9.17) is 11.6 Å². The molecule has 3 rings (SSSR count). The van der Waals surface area contributed by atoms with E-state index in [1.54, 1.807) is 24.3 Å². The zero-order valence-electron chi connectivity index (χ0n) is 12.7. The number of carbonyl (C=O) groups excluding carboxylic acids is 2. The standard InChI is InChI=1S/C10H16O.C7H5ClO2/c1-9(2)7-4-5-10(9,3)8(11)6-7;8-6-1-3-7(4-2-6)10-5-9/h7H,4-6H2,1-3H3;1-5H. The number of ether oxygens (including phenoxy) is 1. The second-order valence-corrected chi connectivity index (χ2v) is 7.02. The van der Waals surface area contributed by atoms with Crippen LogP contribution < -0.4 is 4.74 Å². The molecule has 2 fully saturated rings. The summed E-state index contributed by atoms with van der Waals surface area (Å²) in [5.41, 5.74) is 0.307. The second-order valence-electron chi connectivity index (χ2n) is 6.58. The monoisotopic (exact) mass is 308 g/mol. The third kappa shape index (κ3) is 2.84. The van der Waals surface area contributed by atoms with Crippen molar-refractivity contribution in [1.82, 2.24) is 0 Å². The van der Waals surface area contributed by atoms with Crippen LogP contribution in [0.15, 0.2) is 24.3 Å². The molecule has 0 radical (unpaired) electrons. The molecule has 0 aliphatic heterocycles. The fourth-order valence-corrected chi connectivity index (χ4v) is 3.60. The lowest BCUT2D eigenvalue weighted by Crippen LogP contribution is -2.32. The molecule has 2 saturated carbocycles. The number of carbonyl (C=O) groups is 2. The van der Waals surface area contributed by atoms with Gasteiger partial charge in [-0.05, 0) is 48.4 Å². The summed E-state index contributed by atoms with van der Waals surface area (Å²) in [5.74, 6) is 1.69. The molecule has 114 valence electrons. The van der Waals surface area contributed by atoms with Crippen molar-refractivity contribution in [3.8, 4) is 5.75 Å². The molecule has 2 atom stereocenters. The Morgan fingerprint density at radius 3 is 2.19 bits per heavy atom. The van der Waals surface area contributed by atoms with E-state index >= 15 is 0 Å². The fraction of sp³-hybridized carbons (Fsp3) is 0.529. The average molecular weight is 309 g/mol. The quantitative estimate of drug-likeness (QED) is 0.766. The van der Waals surface area contributed by atoms with Crippen LogP contribution in [0.25, 0.3) is 0 Å². The van der Waals surface area contributed by atoms with E-state index in [0.29, 0.717) is 28.9 Å². The van der Waals surface area contributed by atoms with Gasteiger partial charge in [0.2, 0.25) is 0 Å². The number of rotatable bonds is 2. The lowest BCUT2D eigenvalue weighted by atomic mass is 9.70. The number of fused-ring (bicyclic) bond motifs is 2. The first-order valence-corrected chi connectivity index (χ1v) is 7.58. The Hall–Kier alpha value is -1.35. The summed E-state index contributed by atoms with van der Waals surface area (Å²) in [4.78, 5) is 21.4. The van der Waals surface area contributed by atoms with Crippen molar-refractivity contribution in [2.75, 3.05) is 0 Å². The van der Waals surface area contributed by atoms with E-state index in [1.165, 1.54) is 6.42 Å². The minimum absolute atomic E-state index is 0.0255. The molecule has 2 bridgehead atoms. The first-order valence-electron chi connectivity index (χ1n) is 7.20. The van der Waals surface area contributed by atoms with E-state index in [0.717, 1.165) is 12.8 Å². The number of halogens is 1. The van der Waals surface area contributed by atoms with Gasteiger partial charge in [0.1, 0.15) is 11.5 Å². The van der Waals surface area contributed by atoms with Gasteiger partial charge in [0.15, 0.2) is 0 Å². The third-order valence-electron chi connectivity index (χ3n) is 5.48. The van der Waals surface area contributed by atoms with Gasteiger partial charge in [-0.25, -0.2) is 0 Å². The first kappa shape index (κ1) is 16.0. The highest BCUT2D eigenvalue weighted by molar-refractivity contribution is 6.30. The van der Waals surface area contributed by atoms with Crippen molar-refractivity contribution in [3.05, 3.63) is 29.3 Å². The van der Waals surface area contributed by atoms with E-state index in [2.05, 4.69) is 25.5 Å². The Balaban J connectivity index is 0.000000155. The highest BCUT2D eigenvalue weighted by atomic mass is 35.5. The van der Waals surface area contributed by atoms with Crippen molar-refractivity contribution < 1.29 is 14.3 Å². The van der Waals surface area contributed by atoms with Crippen molar-refractivity contribution in [2.24, 2.45) is 16.7 Å². The van der Waals surface area contributed by atoms with Crippen LogP contribution in [0.1, 0.15) is 40.0 Å². The second kappa shape index (κ2) is 5.80. The smallest absolute Gasteiger partial charge is 0.298 e. The molecule has 1 aromatic rings. The van der Waals surface area contributed by atoms with Crippen LogP contribution in [-0.2, 0) is 9.59 Å². The van der Waals surface area contributed by atoms with Crippen molar-refractivity contribution in [3.63, 3.8) is 0 Å². The lowest BCUT2D eigenvalue weighted by molar-refractivity contribution is -0.128. The van der Waals surface area contributed by atoms with Crippen molar-refractivity contribution in [1.29, 1.82) is 0 Å². The Kier molecular flexibility index (Phi) is 4.43. The third-order valence-corrected chi connectivity index (χ3v) is 5.73. The number of hydrogen-bond donors (Lipinski definition) is 0. The minimum atomic E-state index is 0.0255. The normalized spacial score (nSPS) is 28.8. The SMILES string of the molecule is CC12CCC(CC1=O)C2(C)C.O=COc1ccc(Cl)cc1. The summed E-state index contributed by atoms with van der Waals surface area (Å²) in [7, 11) is 0. The summed E-state index contributed by atoms with van der Waals surface area (Å²) in [5, 5.41) is 0.623. The Morgan fingerprint density at radius 1 is 1.24 bits per heavy atom. The molecule has 2 aliphatic rings. The molecule has 1 aromatic carbocycles. The molecule has 0 amide bonds. The van der Waals surface area contributed by atoms with Crippen LogP contribution in [0.5, 0.6) is 5.75 Å². The highest BCUT2D eigenvalue weighted by Crippen LogP contribution is 2.63. The van der Waals surface area contributed by atoms with Crippen LogP contribution in [0, 0.1) is 16.7 Å². The average Bonchev–Trinajstić information content (AvgIpc) is 2.75. The molecule has 21 heavy (non-hydrogen) atoms. The molecule has 2 aliphatic carbocycles. The molecular formula is C17H21ClO3. The Morgan fingerprint density at radius 2 is 1.86 bits per heavy atom. The number of Topliss-reactive ketones (excluding diaryl/α,β-unsaturated/α-hetero) is 1. The molecule has 2 unspecified atom stereocenters. The number of hydrogen-bond acceptors (Lipinski definition) is 3. The minimum Gasteiger partial charge on any atom is -0.429 e. The van der Waals surface area contributed by atoms with Gasteiger partial charge in [-0.1, -0.05) is 32.4 Å². The van der Waals surface area contributed by atoms with Gasteiger partial charge in [-0.3, -0.25) is 9.59 Å². The van der Waals surface area contributed by atoms with Crippen molar-refractivity contribution >= 4 is 23.9 Å². The summed E-state index contributed by atoms with van der Waals surface area (Å²) in [6.07, 6.45) is 3.25. The van der Waals surface area contributed by atoms with Crippen LogP contribution in [0.2, 0.25) is 5.02 Å². The largest absolute Gasteiger partial charge is 0.429 e. The lowest BCUT2D eigenvalue weighted by Gasteiger charge is -2.32. The zero-order valence-corrected chi connectivity index (χ0v) is 13.4. The Bertz CT molecular complexity index is 535. The molecule has 0 spiro atoms. The van der Waals surface area contributed by atoms with Crippen LogP contribution in [-0.4, -0.2) is 12.3 Å². The van der Waals surface area contributed by atoms with Gasteiger partial charge in [0.25, 0.3) is 6.47 Å². The van der Waals surface area contributed by atoms with Gasteiger partial charge in [0.05, 0.1) is 0 Å². The van der Waals surface area contributed by atoms with Gasteiger partial charge >= 0.3 is 0 Å². The molecule has 0 saturated heterocycles. The summed E-state index contributed by atoms with van der Waals surface area (Å²) in [6.45, 7) is 7.05. The fourth-order valence-electron chi connectivity index (χ4n) is 3.47. The van der Waals surface area contributed by atoms with Gasteiger partial charge in [-0.15, -0.1) is 0 Å². The van der Waals surface area contributed by atoms with Crippen LogP contribution in [0.3, 0.4) is 0 Å². The number of benzene rings is 1. The van der Waals surface area contributed by atoms with E-state index in [1.807, 2.05) is 0 Å². The maximum atomic E-state index is 11.6. The Labute approximate surface area is 130 Å². The van der Waals surface area contributed by atoms with Gasteiger partial charge in [0, 0.05) is 16.9 Å². The summed E-state index contributed by atoms with van der Waals surface area (Å²) >= 11 is 5.57. The molecule has 0 heterocycles. The zero-order chi connectivity index (χ0) is 15.7. The van der Waals surface area contributed by atoms with Crippen LogP contribution >= 0.6 is 11.6 Å². The van der Waals surface area contributed by atoms with Gasteiger partial charge in [-0.2, -0.15) is 0 Å². The van der Waals surface area contributed by atoms with E-state index in [-0.39, 0.29) is 10.8 Å². The summed E-state index contributed by atoms with van der Waals surface area (Å²) < 4.78 is 4.52. The molecule has 4 heteroatoms. The highest BCUT2D eigenvalue weighted by Gasteiger charge is 2.61. The maximum Gasteiger partial charge on any atom is 0.298 e. The van der Waals surface area contributed by atoms with Crippen LogP contribution in [0.4, 0.5) is 0 Å². The molecule has 0 aromatic heterocycles. The predicted molar refractivity (Wildman–Crippen MR) is 82.4 cm³/mol. The predicted octanol–water partition coefficient (Wildman–Crippen LogP) is 4.28. The van der Waals surface area contributed by atoms with Crippen molar-refractivity contribution in [2.45, 2.75) is 40.0 Å². The summed E-state index contributed by atoms with van der Waals surface area (Å²) in [6, 6.07) is 6.55. The topological polar surface area (TPSA) is 43.4 Å². The first-order chi connectivity index (χ1) is 9.81. The van der Waals surface area contributed by atoms with E-state index in [9.17, 15) is 9.59 Å². The molecule has 3 nitrogen and oxygen atoms in total. The molecular weight excluding hydrogens is 288 g/mol.